The molecule has 0 aliphatic heterocycles. The monoisotopic (exact) mass is 550 g/mol. The number of hydrogen-bond donors (Lipinski definition) is 3. The summed E-state index contributed by atoms with van der Waals surface area (Å²) < 4.78 is 35.7. The van der Waals surface area contributed by atoms with Gasteiger partial charge in [-0.15, -0.1) is 10.2 Å². The number of carbonyl (C=O) groups is 3. The molecule has 0 fully saturated rings. The molecule has 1 atom stereocenters. The average Bonchev–Trinajstić information content (AvgIpc) is 3.52. The number of nitrogens with two attached hydrogens (primary N) is 1. The number of hydrogen-bond acceptors (Lipinski definition) is 8. The number of para-hydroxylation sites is 1. The highest BCUT2D eigenvalue weighted by Crippen LogP contribution is 2.25. The summed E-state index contributed by atoms with van der Waals surface area (Å²) in [7, 11) is 0. The zero-order chi connectivity index (χ0) is 29.2. The summed E-state index contributed by atoms with van der Waals surface area (Å²) in [5.74, 6) is -4.14. The topological polar surface area (TPSA) is 182 Å². The summed E-state index contributed by atoms with van der Waals surface area (Å²) in [6.45, 7) is 4.71. The zero-order valence-corrected chi connectivity index (χ0v) is 21.7. The summed E-state index contributed by atoms with van der Waals surface area (Å²) in [4.78, 5) is 37.6. The molecule has 40 heavy (non-hydrogen) atoms. The van der Waals surface area contributed by atoms with Crippen LogP contribution in [-0.4, -0.2) is 43.7 Å². The van der Waals surface area contributed by atoms with E-state index in [9.17, 15) is 23.2 Å². The van der Waals surface area contributed by atoms with E-state index in [1.54, 1.807) is 20.8 Å². The van der Waals surface area contributed by atoms with Crippen molar-refractivity contribution < 1.29 is 27.6 Å². The fourth-order valence-electron chi connectivity index (χ4n) is 3.95. The molecule has 4 rings (SSSR count). The van der Waals surface area contributed by atoms with E-state index in [2.05, 4.69) is 25.9 Å². The van der Waals surface area contributed by atoms with Gasteiger partial charge in [-0.25, -0.2) is 8.78 Å². The van der Waals surface area contributed by atoms with Gasteiger partial charge < -0.3 is 20.8 Å². The van der Waals surface area contributed by atoms with Crippen LogP contribution in [0.4, 0.5) is 8.78 Å². The van der Waals surface area contributed by atoms with Crippen LogP contribution in [0.3, 0.4) is 0 Å². The maximum Gasteiger partial charge on any atom is 0.306 e. The predicted molar refractivity (Wildman–Crippen MR) is 135 cm³/mol. The number of nitrogens with one attached hydrogen (secondary N) is 2. The lowest BCUT2D eigenvalue weighted by Crippen LogP contribution is -2.53. The van der Waals surface area contributed by atoms with Gasteiger partial charge in [0.1, 0.15) is 23.2 Å². The molecule has 0 spiro atoms. The van der Waals surface area contributed by atoms with Crippen molar-refractivity contribution in [1.82, 2.24) is 30.6 Å². The third-order valence-corrected chi connectivity index (χ3v) is 5.93. The molecule has 0 unspecified atom stereocenters. The van der Waals surface area contributed by atoms with E-state index in [0.29, 0.717) is 0 Å². The first kappa shape index (κ1) is 27.8. The highest BCUT2D eigenvalue weighted by molar-refractivity contribution is 6.06. The minimum absolute atomic E-state index is 0.0326. The third-order valence-electron chi connectivity index (χ3n) is 5.93. The lowest BCUT2D eigenvalue weighted by Gasteiger charge is -2.30. The third kappa shape index (κ3) is 5.78. The van der Waals surface area contributed by atoms with E-state index >= 15 is 0 Å². The Balaban J connectivity index is 1.60. The number of benzene rings is 2. The largest absolute Gasteiger partial charge is 0.415 e. The number of nitrogens with zero attached hydrogens (tertiary/aromatic N) is 5. The molecule has 0 aliphatic carbocycles. The van der Waals surface area contributed by atoms with Crippen LogP contribution in [0.1, 0.15) is 59.0 Å². The molecule has 206 valence electrons. The minimum Gasteiger partial charge on any atom is -0.415 e. The van der Waals surface area contributed by atoms with Crippen molar-refractivity contribution in [2.24, 2.45) is 11.1 Å². The Morgan fingerprint density at radius 2 is 1.90 bits per heavy atom. The van der Waals surface area contributed by atoms with Crippen molar-refractivity contribution in [3.8, 4) is 6.07 Å². The lowest BCUT2D eigenvalue weighted by molar-refractivity contribution is -0.125. The van der Waals surface area contributed by atoms with E-state index in [4.69, 9.17) is 15.4 Å². The van der Waals surface area contributed by atoms with Gasteiger partial charge in [0.05, 0.1) is 24.7 Å². The summed E-state index contributed by atoms with van der Waals surface area (Å²) in [5.41, 5.74) is 4.34. The molecule has 0 radical (unpaired) electrons. The molecule has 12 nitrogen and oxygen atoms in total. The lowest BCUT2D eigenvalue weighted by atomic mass is 9.86. The molecule has 4 N–H and O–H groups in total. The predicted octanol–water partition coefficient (Wildman–Crippen LogP) is 2.18. The van der Waals surface area contributed by atoms with Gasteiger partial charge in [-0.2, -0.15) is 10.4 Å². The molecule has 4 aromatic rings. The van der Waals surface area contributed by atoms with E-state index in [1.807, 2.05) is 6.07 Å². The van der Waals surface area contributed by atoms with Crippen molar-refractivity contribution in [3.63, 3.8) is 0 Å². The van der Waals surface area contributed by atoms with Crippen LogP contribution in [0.5, 0.6) is 0 Å². The molecule has 3 amide bonds. The molecule has 2 aromatic carbocycles. The van der Waals surface area contributed by atoms with Gasteiger partial charge in [0.25, 0.3) is 5.91 Å². The zero-order valence-electron chi connectivity index (χ0n) is 21.7. The second-order valence-electron chi connectivity index (χ2n) is 9.92. The smallest absolute Gasteiger partial charge is 0.306 e. The fourth-order valence-corrected chi connectivity index (χ4v) is 3.95. The number of aromatic nitrogens is 4. The molecule has 14 heteroatoms. The van der Waals surface area contributed by atoms with Gasteiger partial charge in [0.15, 0.2) is 5.69 Å². The Morgan fingerprint density at radius 3 is 2.52 bits per heavy atom. The fraction of sp³-hybridized carbons (Fsp3) is 0.269. The first-order valence-electron chi connectivity index (χ1n) is 11.9. The average molecular weight is 551 g/mol. The van der Waals surface area contributed by atoms with Crippen molar-refractivity contribution in [2.45, 2.75) is 39.9 Å². The van der Waals surface area contributed by atoms with Gasteiger partial charge in [-0.1, -0.05) is 39.0 Å². The Labute approximate surface area is 226 Å². The van der Waals surface area contributed by atoms with Crippen LogP contribution in [-0.2, 0) is 17.9 Å². The molecule has 2 heterocycles. The van der Waals surface area contributed by atoms with E-state index < -0.39 is 46.7 Å². The number of rotatable bonds is 8. The normalized spacial score (nSPS) is 12.1. The highest BCUT2D eigenvalue weighted by Gasteiger charge is 2.34. The van der Waals surface area contributed by atoms with E-state index in [1.165, 1.54) is 30.3 Å². The Morgan fingerprint density at radius 1 is 1.15 bits per heavy atom. The highest BCUT2D eigenvalue weighted by atomic mass is 19.1. The first-order valence-corrected chi connectivity index (χ1v) is 11.9. The number of amides is 3. The number of carbonyl (C=O) groups excluding carboxylic acids is 3. The molecule has 0 saturated carbocycles. The maximum absolute atomic E-state index is 14.9. The number of fused-ring (bicyclic) bond motifs is 1. The summed E-state index contributed by atoms with van der Waals surface area (Å²) >= 11 is 0. The molecule has 0 saturated heterocycles. The van der Waals surface area contributed by atoms with Crippen LogP contribution in [0.15, 0.2) is 40.8 Å². The van der Waals surface area contributed by atoms with Crippen molar-refractivity contribution in [3.05, 3.63) is 76.6 Å². The van der Waals surface area contributed by atoms with Gasteiger partial charge in [-0.3, -0.25) is 19.1 Å². The molecule has 0 aliphatic rings. The molecule has 0 bridgehead atoms. The van der Waals surface area contributed by atoms with Gasteiger partial charge >= 0.3 is 11.8 Å². The van der Waals surface area contributed by atoms with E-state index in [0.717, 1.165) is 10.7 Å². The van der Waals surface area contributed by atoms with E-state index in [-0.39, 0.29) is 46.7 Å². The summed E-state index contributed by atoms with van der Waals surface area (Å²) in [6, 6.07) is 8.69. The van der Waals surface area contributed by atoms with Crippen LogP contribution in [0.2, 0.25) is 0 Å². The van der Waals surface area contributed by atoms with Crippen molar-refractivity contribution in [1.29, 1.82) is 5.26 Å². The number of halogens is 2. The van der Waals surface area contributed by atoms with Crippen LogP contribution in [0.25, 0.3) is 10.9 Å². The number of nitriles is 1. The molecular weight excluding hydrogens is 526 g/mol. The Kier molecular flexibility index (Phi) is 7.58. The van der Waals surface area contributed by atoms with Crippen LogP contribution < -0.4 is 16.4 Å². The second-order valence-corrected chi connectivity index (χ2v) is 9.92. The Bertz CT molecular complexity index is 1670. The van der Waals surface area contributed by atoms with Crippen LogP contribution >= 0.6 is 0 Å². The quantitative estimate of drug-likeness (QED) is 0.298. The Hall–Kier alpha value is -5.19. The summed E-state index contributed by atoms with van der Waals surface area (Å²) in [6.07, 6.45) is 0. The van der Waals surface area contributed by atoms with Gasteiger partial charge in [0, 0.05) is 10.9 Å². The molecular formula is C26H24F2N8O4. The SMILES string of the molecule is CC(C)(C)[C@H](NC(=O)c1nn(Cc2ccc(C#N)cc2F)c2c(F)cccc12)C(=O)NCc1nnc(C(N)=O)o1. The maximum atomic E-state index is 14.9. The minimum atomic E-state index is -1.09. The first-order chi connectivity index (χ1) is 18.9. The van der Waals surface area contributed by atoms with Crippen LogP contribution in [0, 0.1) is 28.4 Å². The molecule has 2 aromatic heterocycles. The van der Waals surface area contributed by atoms with Crippen molar-refractivity contribution >= 4 is 28.6 Å². The van der Waals surface area contributed by atoms with Gasteiger partial charge in [-0.05, 0) is 23.6 Å². The standard InChI is InChI=1S/C26H24F2N8O4/c1-26(2,3)21(24(39)31-11-18-33-34-25(40-18)22(30)37)32-23(38)19-15-5-4-6-16(27)20(15)36(35-19)12-14-8-7-13(10-29)9-17(14)28/h4-9,21H,11-12H2,1-3H3,(H2,30,37)(H,31,39)(H,32,38)/t21-/m1/s1. The summed E-state index contributed by atoms with van der Waals surface area (Å²) in [5, 5.41) is 25.7. The number of primary amides is 1. The van der Waals surface area contributed by atoms with Gasteiger partial charge in [0.2, 0.25) is 11.8 Å². The van der Waals surface area contributed by atoms with Crippen molar-refractivity contribution in [2.75, 3.05) is 0 Å². The second kappa shape index (κ2) is 10.9.